The number of hydrogen-bond acceptors (Lipinski definition) is 3. The average molecular weight is 419 g/mol. The third kappa shape index (κ3) is 3.62. The zero-order chi connectivity index (χ0) is 21.6. The van der Waals surface area contributed by atoms with Crippen molar-refractivity contribution < 1.29 is 27.4 Å². The van der Waals surface area contributed by atoms with E-state index < -0.39 is 35.9 Å². The first-order valence-electron chi connectivity index (χ1n) is 9.63. The van der Waals surface area contributed by atoms with Crippen LogP contribution in [-0.4, -0.2) is 29.0 Å². The molecule has 1 saturated carbocycles. The second-order valence-electron chi connectivity index (χ2n) is 8.00. The summed E-state index contributed by atoms with van der Waals surface area (Å²) in [5, 5.41) is 11.5. The fourth-order valence-electron chi connectivity index (χ4n) is 4.23. The second kappa shape index (κ2) is 7.23. The Kier molecular flexibility index (Phi) is 4.97. The molecule has 1 aromatic heterocycles. The summed E-state index contributed by atoms with van der Waals surface area (Å²) in [6.07, 6.45) is -3.77. The van der Waals surface area contributed by atoms with E-state index in [1.807, 2.05) is 0 Å². The third-order valence-electron chi connectivity index (χ3n) is 5.97. The standard InChI is InChI=1S/C23H21F4NO2/c1-30-20-7-6-16(24)12-18(20)21(9-10-21)14-22(29,23(25,26)27)13-15-8-11-28-19-5-3-2-4-17(15)19/h2-8,11-12,29H,9-10,13-14H2,1H3. The molecule has 2 aromatic carbocycles. The van der Waals surface area contributed by atoms with Gasteiger partial charge in [0.15, 0.2) is 5.60 Å². The highest BCUT2D eigenvalue weighted by atomic mass is 19.4. The summed E-state index contributed by atoms with van der Waals surface area (Å²) in [5.41, 5.74) is -2.67. The molecule has 0 radical (unpaired) electrons. The zero-order valence-corrected chi connectivity index (χ0v) is 16.3. The minimum absolute atomic E-state index is 0.327. The molecule has 4 rings (SSSR count). The largest absolute Gasteiger partial charge is 0.496 e. The summed E-state index contributed by atoms with van der Waals surface area (Å²) in [7, 11) is 1.39. The molecule has 3 aromatic rings. The normalized spacial score (nSPS) is 17.5. The molecule has 0 amide bonds. The minimum Gasteiger partial charge on any atom is -0.496 e. The first kappa shape index (κ1) is 20.6. The molecular formula is C23H21F4NO2. The molecule has 1 fully saturated rings. The Morgan fingerprint density at radius 1 is 1.10 bits per heavy atom. The lowest BCUT2D eigenvalue weighted by Crippen LogP contribution is -2.49. The van der Waals surface area contributed by atoms with Gasteiger partial charge in [-0.25, -0.2) is 4.39 Å². The third-order valence-corrected chi connectivity index (χ3v) is 5.97. The van der Waals surface area contributed by atoms with Gasteiger partial charge in [-0.05, 0) is 55.2 Å². The Bertz CT molecular complexity index is 1070. The van der Waals surface area contributed by atoms with E-state index in [9.17, 15) is 22.7 Å². The van der Waals surface area contributed by atoms with E-state index in [4.69, 9.17) is 4.74 Å². The minimum atomic E-state index is -4.87. The average Bonchev–Trinajstić information content (AvgIpc) is 3.47. The van der Waals surface area contributed by atoms with Gasteiger partial charge in [-0.3, -0.25) is 4.98 Å². The molecule has 1 N–H and O–H groups in total. The molecule has 1 unspecified atom stereocenters. The lowest BCUT2D eigenvalue weighted by Gasteiger charge is -2.35. The van der Waals surface area contributed by atoms with Crippen LogP contribution in [0.5, 0.6) is 5.75 Å². The number of hydrogen-bond donors (Lipinski definition) is 1. The number of pyridine rings is 1. The predicted octanol–water partition coefficient (Wildman–Crippen LogP) is 5.34. The quantitative estimate of drug-likeness (QED) is 0.549. The summed E-state index contributed by atoms with van der Waals surface area (Å²) in [4.78, 5) is 4.18. The number of benzene rings is 2. The predicted molar refractivity (Wildman–Crippen MR) is 105 cm³/mol. The topological polar surface area (TPSA) is 42.4 Å². The smallest absolute Gasteiger partial charge is 0.417 e. The fraction of sp³-hybridized carbons (Fsp3) is 0.348. The van der Waals surface area contributed by atoms with Crippen LogP contribution in [0.25, 0.3) is 10.9 Å². The van der Waals surface area contributed by atoms with Crippen LogP contribution in [0.15, 0.2) is 54.7 Å². The van der Waals surface area contributed by atoms with Crippen molar-refractivity contribution in [2.75, 3.05) is 7.11 Å². The summed E-state index contributed by atoms with van der Waals surface area (Å²) in [6.45, 7) is 0. The Balaban J connectivity index is 1.74. The molecule has 1 aliphatic rings. The van der Waals surface area contributed by atoms with Gasteiger partial charge in [-0.15, -0.1) is 0 Å². The van der Waals surface area contributed by atoms with Crippen molar-refractivity contribution in [2.24, 2.45) is 0 Å². The van der Waals surface area contributed by atoms with Gasteiger partial charge >= 0.3 is 6.18 Å². The molecule has 1 atom stereocenters. The number of rotatable bonds is 6. The molecule has 0 aliphatic heterocycles. The SMILES string of the molecule is COc1ccc(F)cc1C1(CC(O)(Cc2ccnc3ccccc23)C(F)(F)F)CC1. The number of fused-ring (bicyclic) bond motifs is 1. The second-order valence-corrected chi connectivity index (χ2v) is 8.00. The molecule has 1 heterocycles. The summed E-state index contributed by atoms with van der Waals surface area (Å²) in [5.74, 6) is -0.222. The van der Waals surface area contributed by atoms with E-state index >= 15 is 0 Å². The van der Waals surface area contributed by atoms with Gasteiger partial charge in [-0.1, -0.05) is 18.2 Å². The van der Waals surface area contributed by atoms with Gasteiger partial charge in [0.2, 0.25) is 0 Å². The molecule has 0 spiro atoms. The Morgan fingerprint density at radius 2 is 1.83 bits per heavy atom. The number of halogens is 4. The van der Waals surface area contributed by atoms with Crippen LogP contribution in [-0.2, 0) is 11.8 Å². The highest BCUT2D eigenvalue weighted by molar-refractivity contribution is 5.81. The van der Waals surface area contributed by atoms with Crippen molar-refractivity contribution in [3.63, 3.8) is 0 Å². The van der Waals surface area contributed by atoms with Gasteiger partial charge in [0.25, 0.3) is 0 Å². The lowest BCUT2D eigenvalue weighted by molar-refractivity contribution is -0.264. The van der Waals surface area contributed by atoms with E-state index in [1.165, 1.54) is 37.6 Å². The number of methoxy groups -OCH3 is 1. The van der Waals surface area contributed by atoms with Gasteiger partial charge in [0.1, 0.15) is 11.6 Å². The molecule has 30 heavy (non-hydrogen) atoms. The monoisotopic (exact) mass is 419 g/mol. The Morgan fingerprint density at radius 3 is 2.50 bits per heavy atom. The van der Waals surface area contributed by atoms with E-state index in [0.29, 0.717) is 40.6 Å². The fourth-order valence-corrected chi connectivity index (χ4v) is 4.23. The van der Waals surface area contributed by atoms with Crippen LogP contribution in [0, 0.1) is 5.82 Å². The molecule has 3 nitrogen and oxygen atoms in total. The van der Waals surface area contributed by atoms with E-state index in [-0.39, 0.29) is 0 Å². The van der Waals surface area contributed by atoms with E-state index in [0.717, 1.165) is 0 Å². The van der Waals surface area contributed by atoms with Crippen molar-refractivity contribution in [1.29, 1.82) is 0 Å². The van der Waals surface area contributed by atoms with Crippen LogP contribution >= 0.6 is 0 Å². The summed E-state index contributed by atoms with van der Waals surface area (Å²) >= 11 is 0. The van der Waals surface area contributed by atoms with Crippen molar-refractivity contribution >= 4 is 10.9 Å². The first-order valence-corrected chi connectivity index (χ1v) is 9.63. The molecule has 158 valence electrons. The maximum atomic E-state index is 14.2. The number of nitrogens with zero attached hydrogens (tertiary/aromatic N) is 1. The van der Waals surface area contributed by atoms with Crippen molar-refractivity contribution in [3.8, 4) is 5.75 Å². The molecule has 7 heteroatoms. The van der Waals surface area contributed by atoms with Gasteiger partial charge in [0.05, 0.1) is 12.6 Å². The summed E-state index contributed by atoms with van der Waals surface area (Å²) < 4.78 is 61.6. The zero-order valence-electron chi connectivity index (χ0n) is 16.3. The maximum absolute atomic E-state index is 14.2. The van der Waals surface area contributed by atoms with Crippen LogP contribution in [0.2, 0.25) is 0 Å². The van der Waals surface area contributed by atoms with Crippen LogP contribution < -0.4 is 4.74 Å². The lowest BCUT2D eigenvalue weighted by atomic mass is 9.79. The summed E-state index contributed by atoms with van der Waals surface area (Å²) in [6, 6.07) is 12.2. The molecule has 1 aliphatic carbocycles. The number of para-hydroxylation sites is 1. The number of alkyl halides is 3. The van der Waals surface area contributed by atoms with Crippen LogP contribution in [0.4, 0.5) is 17.6 Å². The Labute approximate surface area is 171 Å². The maximum Gasteiger partial charge on any atom is 0.417 e. The molecule has 0 saturated heterocycles. The highest BCUT2D eigenvalue weighted by Gasteiger charge is 2.61. The number of aliphatic hydroxyl groups is 1. The first-order chi connectivity index (χ1) is 14.2. The van der Waals surface area contributed by atoms with Gasteiger partial charge < -0.3 is 9.84 Å². The van der Waals surface area contributed by atoms with Gasteiger partial charge in [0, 0.05) is 29.0 Å². The van der Waals surface area contributed by atoms with Crippen molar-refractivity contribution in [3.05, 3.63) is 71.7 Å². The van der Waals surface area contributed by atoms with Crippen LogP contribution in [0.3, 0.4) is 0 Å². The molecule has 0 bridgehead atoms. The van der Waals surface area contributed by atoms with Crippen molar-refractivity contribution in [2.45, 2.75) is 42.9 Å². The molecular weight excluding hydrogens is 398 g/mol. The number of aromatic nitrogens is 1. The van der Waals surface area contributed by atoms with Gasteiger partial charge in [-0.2, -0.15) is 13.2 Å². The van der Waals surface area contributed by atoms with E-state index in [1.54, 1.807) is 24.3 Å². The van der Waals surface area contributed by atoms with E-state index in [2.05, 4.69) is 4.98 Å². The highest BCUT2D eigenvalue weighted by Crippen LogP contribution is 2.58. The Hall–Kier alpha value is -2.67. The van der Waals surface area contributed by atoms with Crippen LogP contribution in [0.1, 0.15) is 30.4 Å². The van der Waals surface area contributed by atoms with Crippen molar-refractivity contribution in [1.82, 2.24) is 4.98 Å². The number of ether oxygens (including phenoxy) is 1.